The summed E-state index contributed by atoms with van der Waals surface area (Å²) in [6.07, 6.45) is 7.39. The molecule has 0 aromatic heterocycles. The highest BCUT2D eigenvalue weighted by Crippen LogP contribution is 1.92. The lowest BCUT2D eigenvalue weighted by molar-refractivity contribution is 1.30. The Morgan fingerprint density at radius 3 is 2.27 bits per heavy atom. The van der Waals surface area contributed by atoms with Crippen LogP contribution in [0.1, 0.15) is 20.8 Å². The average molecular weight is 171 g/mol. The molecule has 11 heavy (non-hydrogen) atoms. The molecular weight excluding hydrogens is 154 g/mol. The Kier molecular flexibility index (Phi) is 14.3. The minimum absolute atomic E-state index is 0.941. The minimum atomic E-state index is 0.941. The smallest absolute Gasteiger partial charge is 0.0434 e. The third-order valence-corrected chi connectivity index (χ3v) is 1.03. The maximum absolute atomic E-state index is 3.87. The lowest BCUT2D eigenvalue weighted by Gasteiger charge is -1.94. The molecule has 0 aliphatic rings. The summed E-state index contributed by atoms with van der Waals surface area (Å²) in [6, 6.07) is 0. The predicted molar refractivity (Wildman–Crippen MR) is 56.6 cm³/mol. The molecule has 0 spiro atoms. The van der Waals surface area contributed by atoms with Gasteiger partial charge in [-0.1, -0.05) is 45.4 Å². The molecule has 0 radical (unpaired) electrons. The van der Waals surface area contributed by atoms with Crippen LogP contribution in [0.25, 0.3) is 0 Å². The summed E-state index contributed by atoms with van der Waals surface area (Å²) in [5.74, 6) is 0. The maximum Gasteiger partial charge on any atom is 0.0434 e. The Hall–Kier alpha value is -0.630. The zero-order chi connectivity index (χ0) is 9.11. The van der Waals surface area contributed by atoms with Crippen LogP contribution < -0.4 is 4.72 Å². The van der Waals surface area contributed by atoms with Gasteiger partial charge in [-0.15, -0.1) is 0 Å². The molecule has 0 amide bonds. The average Bonchev–Trinajstić information content (AvgIpc) is 2.08. The first-order chi connectivity index (χ1) is 5.35. The summed E-state index contributed by atoms with van der Waals surface area (Å²) in [6.45, 7) is 9.49. The fraction of sp³-hybridized carbons (Fsp3) is 0.333. The van der Waals surface area contributed by atoms with Crippen molar-refractivity contribution >= 4 is 12.8 Å². The van der Waals surface area contributed by atoms with Gasteiger partial charge in [0.15, 0.2) is 0 Å². The fourth-order valence-electron chi connectivity index (χ4n) is 0.437. The SMILES string of the molecule is C=C/C=C(\C=C/C)NS.CC. The largest absolute Gasteiger partial charge is 0.332 e. The first-order valence-corrected chi connectivity index (χ1v) is 4.15. The Morgan fingerprint density at radius 2 is 2.00 bits per heavy atom. The quantitative estimate of drug-likeness (QED) is 0.491. The molecular formula is C9H17NS. The molecule has 0 aliphatic heterocycles. The number of hydrogen-bond acceptors (Lipinski definition) is 2. The molecule has 0 heterocycles. The van der Waals surface area contributed by atoms with Crippen molar-refractivity contribution in [1.82, 2.24) is 4.72 Å². The van der Waals surface area contributed by atoms with Crippen molar-refractivity contribution in [2.24, 2.45) is 0 Å². The topological polar surface area (TPSA) is 12.0 Å². The van der Waals surface area contributed by atoms with Crippen LogP contribution in [0.4, 0.5) is 0 Å². The van der Waals surface area contributed by atoms with Crippen LogP contribution in [-0.4, -0.2) is 0 Å². The molecule has 0 unspecified atom stereocenters. The van der Waals surface area contributed by atoms with E-state index >= 15 is 0 Å². The van der Waals surface area contributed by atoms with Gasteiger partial charge >= 0.3 is 0 Å². The highest BCUT2D eigenvalue weighted by atomic mass is 32.1. The molecule has 0 saturated carbocycles. The number of hydrogen-bond donors (Lipinski definition) is 2. The van der Waals surface area contributed by atoms with Gasteiger partial charge in [-0.25, -0.2) is 0 Å². The van der Waals surface area contributed by atoms with Gasteiger partial charge < -0.3 is 4.72 Å². The summed E-state index contributed by atoms with van der Waals surface area (Å²) in [7, 11) is 0. The number of nitrogens with one attached hydrogen (secondary N) is 1. The molecule has 64 valence electrons. The zero-order valence-corrected chi connectivity index (χ0v) is 8.36. The molecule has 0 atom stereocenters. The van der Waals surface area contributed by atoms with E-state index in [1.807, 2.05) is 39.0 Å². The van der Waals surface area contributed by atoms with Crippen molar-refractivity contribution in [2.75, 3.05) is 0 Å². The van der Waals surface area contributed by atoms with Crippen molar-refractivity contribution in [2.45, 2.75) is 20.8 Å². The van der Waals surface area contributed by atoms with Crippen molar-refractivity contribution in [3.05, 3.63) is 36.6 Å². The Bertz CT molecular complexity index is 136. The first kappa shape index (κ1) is 13.0. The van der Waals surface area contributed by atoms with Crippen LogP contribution in [0, 0.1) is 0 Å². The molecule has 0 aromatic rings. The van der Waals surface area contributed by atoms with E-state index in [2.05, 4.69) is 24.1 Å². The molecule has 2 heteroatoms. The molecule has 0 rings (SSSR count). The van der Waals surface area contributed by atoms with E-state index in [1.165, 1.54) is 0 Å². The fourth-order valence-corrected chi connectivity index (χ4v) is 0.586. The molecule has 1 nitrogen and oxygen atoms in total. The van der Waals surface area contributed by atoms with E-state index in [1.54, 1.807) is 6.08 Å². The maximum atomic E-state index is 3.87. The van der Waals surface area contributed by atoms with E-state index in [-0.39, 0.29) is 0 Å². The van der Waals surface area contributed by atoms with Gasteiger partial charge in [-0.3, -0.25) is 0 Å². The molecule has 0 aromatic carbocycles. The highest BCUT2D eigenvalue weighted by molar-refractivity contribution is 7.78. The second kappa shape index (κ2) is 12.1. The van der Waals surface area contributed by atoms with Gasteiger partial charge in [0.2, 0.25) is 0 Å². The van der Waals surface area contributed by atoms with Gasteiger partial charge in [0.25, 0.3) is 0 Å². The number of thiol groups is 1. The summed E-state index contributed by atoms with van der Waals surface area (Å²) < 4.78 is 2.70. The predicted octanol–water partition coefficient (Wildman–Crippen LogP) is 3.09. The lowest BCUT2D eigenvalue weighted by Crippen LogP contribution is -1.93. The van der Waals surface area contributed by atoms with E-state index in [0.717, 1.165) is 5.70 Å². The molecule has 0 fully saturated rings. The van der Waals surface area contributed by atoms with Crippen LogP contribution in [0.15, 0.2) is 36.6 Å². The summed E-state index contributed by atoms with van der Waals surface area (Å²) in [4.78, 5) is 0. The van der Waals surface area contributed by atoms with E-state index in [0.29, 0.717) is 0 Å². The van der Waals surface area contributed by atoms with Crippen molar-refractivity contribution in [1.29, 1.82) is 0 Å². The van der Waals surface area contributed by atoms with Crippen LogP contribution >= 0.6 is 12.8 Å². The first-order valence-electron chi connectivity index (χ1n) is 3.70. The van der Waals surface area contributed by atoms with Crippen molar-refractivity contribution < 1.29 is 0 Å². The van der Waals surface area contributed by atoms with Gasteiger partial charge in [0.05, 0.1) is 0 Å². The van der Waals surface area contributed by atoms with Gasteiger partial charge in [-0.2, -0.15) is 0 Å². The summed E-state index contributed by atoms with van der Waals surface area (Å²) in [5.41, 5.74) is 0.941. The van der Waals surface area contributed by atoms with Crippen LogP contribution in [0.2, 0.25) is 0 Å². The van der Waals surface area contributed by atoms with Gasteiger partial charge in [0.1, 0.15) is 0 Å². The molecule has 0 aliphatic carbocycles. The van der Waals surface area contributed by atoms with Gasteiger partial charge in [-0.05, 0) is 19.1 Å². The van der Waals surface area contributed by atoms with Crippen molar-refractivity contribution in [3.63, 3.8) is 0 Å². The normalized spacial score (nSPS) is 10.4. The number of allylic oxidation sites excluding steroid dienone is 4. The van der Waals surface area contributed by atoms with E-state index in [4.69, 9.17) is 0 Å². The van der Waals surface area contributed by atoms with Crippen LogP contribution in [-0.2, 0) is 0 Å². The molecule has 1 N–H and O–H groups in total. The summed E-state index contributed by atoms with van der Waals surface area (Å²) >= 11 is 3.87. The van der Waals surface area contributed by atoms with Crippen LogP contribution in [0.5, 0.6) is 0 Å². The Labute approximate surface area is 75.4 Å². The third-order valence-electron chi connectivity index (χ3n) is 0.773. The van der Waals surface area contributed by atoms with E-state index < -0.39 is 0 Å². The standard InChI is InChI=1S/C7H11NS.C2H6/c1-3-5-7(8-9)6-4-2;1-2/h3-6,8-9H,1H2,2H3;1-2H3/b6-4-,7-5+;. The lowest BCUT2D eigenvalue weighted by atomic mass is 10.4. The number of rotatable bonds is 3. The second-order valence-corrected chi connectivity index (χ2v) is 1.69. The van der Waals surface area contributed by atoms with Crippen molar-refractivity contribution in [3.8, 4) is 0 Å². The zero-order valence-electron chi connectivity index (χ0n) is 7.46. The van der Waals surface area contributed by atoms with Gasteiger partial charge in [0, 0.05) is 5.70 Å². The summed E-state index contributed by atoms with van der Waals surface area (Å²) in [5, 5.41) is 0. The minimum Gasteiger partial charge on any atom is -0.332 e. The van der Waals surface area contributed by atoms with E-state index in [9.17, 15) is 0 Å². The Morgan fingerprint density at radius 1 is 1.45 bits per heavy atom. The molecule has 0 bridgehead atoms. The van der Waals surface area contributed by atoms with Crippen LogP contribution in [0.3, 0.4) is 0 Å². The third kappa shape index (κ3) is 9.37. The second-order valence-electron chi connectivity index (χ2n) is 1.47. The monoisotopic (exact) mass is 171 g/mol. The molecule has 0 saturated heterocycles. The highest BCUT2D eigenvalue weighted by Gasteiger charge is 1.79. The Balaban J connectivity index is 0.